The number of hydrogen-bond acceptors (Lipinski definition) is 5. The molecule has 1 saturated heterocycles. The SMILES string of the molecule is COc1ccc(C=C2C(=O)NC(=S)N(c3ccc(Oc4ccccc4)cc3)C2=O)c(F)c1. The van der Waals surface area contributed by atoms with Crippen molar-refractivity contribution in [3.63, 3.8) is 0 Å². The van der Waals surface area contributed by atoms with Gasteiger partial charge in [-0.2, -0.15) is 0 Å². The van der Waals surface area contributed by atoms with E-state index in [0.29, 0.717) is 22.9 Å². The number of carbonyl (C=O) groups is 2. The van der Waals surface area contributed by atoms with Crippen LogP contribution in [0.15, 0.2) is 78.4 Å². The molecule has 1 N–H and O–H groups in total. The van der Waals surface area contributed by atoms with Gasteiger partial charge >= 0.3 is 0 Å². The smallest absolute Gasteiger partial charge is 0.270 e. The number of rotatable bonds is 5. The minimum absolute atomic E-state index is 0.0657. The van der Waals surface area contributed by atoms with Crippen LogP contribution in [-0.4, -0.2) is 24.0 Å². The molecule has 32 heavy (non-hydrogen) atoms. The number of para-hydroxylation sites is 1. The van der Waals surface area contributed by atoms with Crippen LogP contribution in [-0.2, 0) is 9.59 Å². The lowest BCUT2D eigenvalue weighted by molar-refractivity contribution is -0.122. The Bertz CT molecular complexity index is 1230. The Morgan fingerprint density at radius 2 is 1.59 bits per heavy atom. The number of hydrogen-bond donors (Lipinski definition) is 1. The maximum Gasteiger partial charge on any atom is 0.270 e. The van der Waals surface area contributed by atoms with Gasteiger partial charge in [-0.1, -0.05) is 18.2 Å². The van der Waals surface area contributed by atoms with Crippen molar-refractivity contribution in [2.45, 2.75) is 0 Å². The van der Waals surface area contributed by atoms with Crippen LogP contribution < -0.4 is 19.7 Å². The molecule has 0 aliphatic carbocycles. The number of thiocarbonyl (C=S) groups is 1. The van der Waals surface area contributed by atoms with Crippen molar-refractivity contribution in [3.05, 3.63) is 89.8 Å². The lowest BCUT2D eigenvalue weighted by Crippen LogP contribution is -2.54. The molecule has 0 radical (unpaired) electrons. The third-order valence-corrected chi connectivity index (χ3v) is 4.97. The molecule has 2 amide bonds. The molecule has 0 atom stereocenters. The number of nitrogens with one attached hydrogen (secondary N) is 1. The molecular weight excluding hydrogens is 431 g/mol. The van der Waals surface area contributed by atoms with Gasteiger partial charge in [0.25, 0.3) is 11.8 Å². The second-order valence-corrected chi connectivity index (χ2v) is 7.14. The van der Waals surface area contributed by atoms with E-state index in [9.17, 15) is 14.0 Å². The van der Waals surface area contributed by atoms with Crippen LogP contribution in [0, 0.1) is 5.82 Å². The van der Waals surface area contributed by atoms with E-state index >= 15 is 0 Å². The first kappa shape index (κ1) is 21.2. The summed E-state index contributed by atoms with van der Waals surface area (Å²) in [5.41, 5.74) is 0.262. The van der Waals surface area contributed by atoms with E-state index in [1.54, 1.807) is 24.3 Å². The molecule has 8 heteroatoms. The van der Waals surface area contributed by atoms with Crippen molar-refractivity contribution < 1.29 is 23.5 Å². The van der Waals surface area contributed by atoms with Gasteiger partial charge in [0, 0.05) is 11.6 Å². The van der Waals surface area contributed by atoms with Crippen LogP contribution >= 0.6 is 12.2 Å². The first-order valence-corrected chi connectivity index (χ1v) is 9.95. The third-order valence-electron chi connectivity index (χ3n) is 4.68. The number of methoxy groups -OCH3 is 1. The Kier molecular flexibility index (Phi) is 5.96. The molecule has 0 spiro atoms. The topological polar surface area (TPSA) is 67.9 Å². The molecule has 0 saturated carbocycles. The fourth-order valence-corrected chi connectivity index (χ4v) is 3.37. The molecule has 6 nitrogen and oxygen atoms in total. The highest BCUT2D eigenvalue weighted by Crippen LogP contribution is 2.27. The predicted octanol–water partition coefficient (Wildman–Crippen LogP) is 4.46. The highest BCUT2D eigenvalue weighted by molar-refractivity contribution is 7.80. The molecule has 0 aromatic heterocycles. The zero-order valence-electron chi connectivity index (χ0n) is 16.9. The van der Waals surface area contributed by atoms with Gasteiger partial charge < -0.3 is 9.47 Å². The van der Waals surface area contributed by atoms with Crippen LogP contribution in [0.4, 0.5) is 10.1 Å². The molecule has 1 aliphatic rings. The zero-order valence-corrected chi connectivity index (χ0v) is 17.7. The summed E-state index contributed by atoms with van der Waals surface area (Å²) in [7, 11) is 1.42. The van der Waals surface area contributed by atoms with Crippen LogP contribution in [0.5, 0.6) is 17.2 Å². The van der Waals surface area contributed by atoms with Crippen LogP contribution in [0.1, 0.15) is 5.56 Å². The Morgan fingerprint density at radius 3 is 2.25 bits per heavy atom. The molecule has 1 heterocycles. The maximum atomic E-state index is 14.3. The van der Waals surface area contributed by atoms with E-state index in [1.807, 2.05) is 30.3 Å². The second-order valence-electron chi connectivity index (χ2n) is 6.75. The van der Waals surface area contributed by atoms with Gasteiger partial charge in [-0.3, -0.25) is 19.8 Å². The van der Waals surface area contributed by atoms with Crippen molar-refractivity contribution in [3.8, 4) is 17.2 Å². The minimum atomic E-state index is -0.699. The monoisotopic (exact) mass is 448 g/mol. The Morgan fingerprint density at radius 1 is 0.938 bits per heavy atom. The number of benzene rings is 3. The quantitative estimate of drug-likeness (QED) is 0.355. The van der Waals surface area contributed by atoms with Crippen LogP contribution in [0.2, 0.25) is 0 Å². The molecule has 3 aromatic carbocycles. The van der Waals surface area contributed by atoms with Crippen molar-refractivity contribution in [1.82, 2.24) is 5.32 Å². The van der Waals surface area contributed by atoms with Crippen molar-refractivity contribution >= 4 is 40.9 Å². The number of anilines is 1. The summed E-state index contributed by atoms with van der Waals surface area (Å²) in [6.45, 7) is 0. The van der Waals surface area contributed by atoms with Gasteiger partial charge in [0.1, 0.15) is 28.6 Å². The first-order valence-electron chi connectivity index (χ1n) is 9.54. The van der Waals surface area contributed by atoms with Gasteiger partial charge in [0.15, 0.2) is 5.11 Å². The van der Waals surface area contributed by atoms with E-state index in [4.69, 9.17) is 21.7 Å². The average molecular weight is 448 g/mol. The Balaban J connectivity index is 1.61. The van der Waals surface area contributed by atoms with E-state index < -0.39 is 17.6 Å². The number of ether oxygens (including phenoxy) is 2. The lowest BCUT2D eigenvalue weighted by Gasteiger charge is -2.29. The molecule has 3 aromatic rings. The summed E-state index contributed by atoms with van der Waals surface area (Å²) < 4.78 is 25.1. The minimum Gasteiger partial charge on any atom is -0.497 e. The molecular formula is C24H17FN2O4S. The summed E-state index contributed by atoms with van der Waals surface area (Å²) in [5.74, 6) is -0.426. The largest absolute Gasteiger partial charge is 0.497 e. The number of halogens is 1. The predicted molar refractivity (Wildman–Crippen MR) is 122 cm³/mol. The Hall–Kier alpha value is -4.04. The fraction of sp³-hybridized carbons (Fsp3) is 0.0417. The normalized spacial score (nSPS) is 15.0. The summed E-state index contributed by atoms with van der Waals surface area (Å²) in [6.07, 6.45) is 1.19. The standard InChI is InChI=1S/C24H17FN2O4S/c1-30-19-10-7-15(21(25)14-19)13-20-22(28)26-24(32)27(23(20)29)16-8-11-18(12-9-16)31-17-5-3-2-4-6-17/h2-14H,1H3,(H,26,28,32). The van der Waals surface area contributed by atoms with Gasteiger partial charge in [-0.15, -0.1) is 0 Å². The van der Waals surface area contributed by atoms with Crippen molar-refractivity contribution in [2.24, 2.45) is 0 Å². The number of carbonyl (C=O) groups excluding carboxylic acids is 2. The molecule has 4 rings (SSSR count). The maximum absolute atomic E-state index is 14.3. The van der Waals surface area contributed by atoms with Gasteiger partial charge in [0.2, 0.25) is 0 Å². The molecule has 0 bridgehead atoms. The highest BCUT2D eigenvalue weighted by atomic mass is 32.1. The average Bonchev–Trinajstić information content (AvgIpc) is 2.79. The number of amides is 2. The lowest BCUT2D eigenvalue weighted by atomic mass is 10.1. The van der Waals surface area contributed by atoms with E-state index in [2.05, 4.69) is 5.32 Å². The third kappa shape index (κ3) is 4.35. The number of nitrogens with zero attached hydrogens (tertiary/aromatic N) is 1. The summed E-state index contributed by atoms with van der Waals surface area (Å²) >= 11 is 5.20. The second kappa shape index (κ2) is 8.99. The van der Waals surface area contributed by atoms with E-state index in [-0.39, 0.29) is 16.2 Å². The van der Waals surface area contributed by atoms with E-state index in [1.165, 1.54) is 36.3 Å². The summed E-state index contributed by atoms with van der Waals surface area (Å²) in [6, 6.07) is 20.0. The fourth-order valence-electron chi connectivity index (χ4n) is 3.09. The van der Waals surface area contributed by atoms with Crippen molar-refractivity contribution in [2.75, 3.05) is 12.0 Å². The molecule has 0 unspecified atom stereocenters. The molecule has 1 fully saturated rings. The van der Waals surface area contributed by atoms with Crippen molar-refractivity contribution in [1.29, 1.82) is 0 Å². The van der Waals surface area contributed by atoms with Gasteiger partial charge in [-0.05, 0) is 66.8 Å². The first-order chi connectivity index (χ1) is 15.5. The Labute approximate surface area is 188 Å². The zero-order chi connectivity index (χ0) is 22.7. The molecule has 160 valence electrons. The summed E-state index contributed by atoms with van der Waals surface area (Å²) in [4.78, 5) is 26.7. The van der Waals surface area contributed by atoms with E-state index in [0.717, 1.165) is 0 Å². The van der Waals surface area contributed by atoms with Gasteiger partial charge in [0.05, 0.1) is 12.8 Å². The van der Waals surface area contributed by atoms with Gasteiger partial charge in [-0.25, -0.2) is 4.39 Å². The summed E-state index contributed by atoms with van der Waals surface area (Å²) in [5, 5.41) is 2.41. The van der Waals surface area contributed by atoms with Crippen LogP contribution in [0.3, 0.4) is 0 Å². The van der Waals surface area contributed by atoms with Crippen LogP contribution in [0.25, 0.3) is 6.08 Å². The molecule has 1 aliphatic heterocycles. The highest BCUT2D eigenvalue weighted by Gasteiger charge is 2.34.